The van der Waals surface area contributed by atoms with Gasteiger partial charge in [-0.2, -0.15) is 5.14 Å². The minimum atomic E-state index is -1.46. The van der Waals surface area contributed by atoms with Crippen LogP contribution in [0.15, 0.2) is 30.3 Å². The Morgan fingerprint density at radius 3 is 2.61 bits per heavy atom. The predicted octanol–water partition coefficient (Wildman–Crippen LogP) is 1.31. The van der Waals surface area contributed by atoms with Crippen LogP contribution in [0.2, 0.25) is 0 Å². The normalized spacial score (nSPS) is 12.9. The molecule has 1 aromatic rings. The van der Waals surface area contributed by atoms with Crippen molar-refractivity contribution >= 4 is 17.5 Å². The number of carbonyl (C=O) groups excluding carboxylic acids is 1. The highest BCUT2D eigenvalue weighted by Crippen LogP contribution is 2.06. The molecule has 0 aliphatic carbocycles. The number of alkyl carbamates (subject to hydrolysis) is 1. The summed E-state index contributed by atoms with van der Waals surface area (Å²) in [6, 6.07) is 9.38. The zero-order valence-electron chi connectivity index (χ0n) is 10.5. The number of benzene rings is 1. The van der Waals surface area contributed by atoms with Crippen molar-refractivity contribution in [2.24, 2.45) is 5.14 Å². The van der Waals surface area contributed by atoms with E-state index in [4.69, 9.17) is 9.88 Å². The lowest BCUT2D eigenvalue weighted by Gasteiger charge is -2.24. The Bertz CT molecular complexity index is 382. The second kappa shape index (κ2) is 6.63. The molecule has 5 nitrogen and oxygen atoms in total. The van der Waals surface area contributed by atoms with Crippen LogP contribution in [0.1, 0.15) is 19.4 Å². The molecule has 0 aromatic heterocycles. The van der Waals surface area contributed by atoms with Gasteiger partial charge in [0.1, 0.15) is 12.4 Å². The van der Waals surface area contributed by atoms with Crippen LogP contribution >= 0.6 is 0 Å². The van der Waals surface area contributed by atoms with Gasteiger partial charge in [-0.25, -0.2) is 4.79 Å². The molecule has 1 atom stereocenters. The van der Waals surface area contributed by atoms with Gasteiger partial charge in [-0.1, -0.05) is 30.3 Å². The molecule has 0 spiro atoms. The van der Waals surface area contributed by atoms with Crippen LogP contribution in [0.4, 0.5) is 4.79 Å². The average Bonchev–Trinajstić information content (AvgIpc) is 2.25. The smallest absolute Gasteiger partial charge is 0.408 e. The van der Waals surface area contributed by atoms with E-state index in [1.54, 1.807) is 13.8 Å². The second-order valence-electron chi connectivity index (χ2n) is 4.60. The van der Waals surface area contributed by atoms with Crippen molar-refractivity contribution in [1.29, 1.82) is 0 Å². The van der Waals surface area contributed by atoms with Gasteiger partial charge in [0.25, 0.3) is 0 Å². The molecule has 1 amide bonds. The van der Waals surface area contributed by atoms with Crippen molar-refractivity contribution in [3.05, 3.63) is 35.9 Å². The molecule has 100 valence electrons. The van der Waals surface area contributed by atoms with Crippen molar-refractivity contribution in [2.45, 2.75) is 26.0 Å². The molecule has 1 unspecified atom stereocenters. The van der Waals surface area contributed by atoms with Crippen LogP contribution in [0, 0.1) is 0 Å². The summed E-state index contributed by atoms with van der Waals surface area (Å²) in [5.41, 5.74) is 0.251. The maximum Gasteiger partial charge on any atom is 0.408 e. The van der Waals surface area contributed by atoms with Gasteiger partial charge in [-0.15, -0.1) is 0 Å². The van der Waals surface area contributed by atoms with Crippen LogP contribution in [-0.2, 0) is 22.7 Å². The second-order valence-corrected chi connectivity index (χ2v) is 5.65. The number of amides is 1. The van der Waals surface area contributed by atoms with Crippen molar-refractivity contribution in [3.8, 4) is 0 Å². The summed E-state index contributed by atoms with van der Waals surface area (Å²) in [7, 11) is 0. The van der Waals surface area contributed by atoms with E-state index in [0.29, 0.717) is 0 Å². The minimum absolute atomic E-state index is 0.174. The molecule has 1 aromatic carbocycles. The molecule has 6 heteroatoms. The number of ether oxygens (including phenoxy) is 1. The maximum absolute atomic E-state index is 11.5. The summed E-state index contributed by atoms with van der Waals surface area (Å²) in [5.74, 6) is 0.174. The third-order valence-electron chi connectivity index (χ3n) is 2.16. The summed E-state index contributed by atoms with van der Waals surface area (Å²) in [6.07, 6.45) is -0.547. The highest BCUT2D eigenvalue weighted by Gasteiger charge is 2.26. The Hall–Kier alpha value is -1.24. The molecule has 0 saturated carbocycles. The first kappa shape index (κ1) is 14.8. The van der Waals surface area contributed by atoms with Crippen LogP contribution in [0.3, 0.4) is 0 Å². The topological polar surface area (TPSA) is 87.4 Å². The first-order chi connectivity index (χ1) is 8.39. The number of hydrogen-bond acceptors (Lipinski definition) is 4. The van der Waals surface area contributed by atoms with Crippen LogP contribution in [0.5, 0.6) is 0 Å². The zero-order chi connectivity index (χ0) is 13.6. The van der Waals surface area contributed by atoms with E-state index in [0.717, 1.165) is 5.56 Å². The van der Waals surface area contributed by atoms with Crippen molar-refractivity contribution in [1.82, 2.24) is 5.32 Å². The van der Waals surface area contributed by atoms with Gasteiger partial charge in [0.15, 0.2) is 0 Å². The predicted molar refractivity (Wildman–Crippen MR) is 71.0 cm³/mol. The zero-order valence-corrected chi connectivity index (χ0v) is 11.3. The lowest BCUT2D eigenvalue weighted by Crippen LogP contribution is -2.49. The van der Waals surface area contributed by atoms with Crippen LogP contribution in [-0.4, -0.2) is 21.9 Å². The van der Waals surface area contributed by atoms with E-state index in [-0.39, 0.29) is 12.4 Å². The number of rotatable bonds is 5. The third-order valence-corrected chi connectivity index (χ3v) is 3.16. The lowest BCUT2D eigenvalue weighted by molar-refractivity contribution is 0.131. The molecule has 0 saturated heterocycles. The Balaban J connectivity index is 2.38. The number of carbonyl (C=O) groups is 1. The first-order valence-corrected chi connectivity index (χ1v) is 6.89. The molecular formula is C12H18N2O3S. The number of nitrogens with two attached hydrogens (primary N) is 1. The molecule has 0 aliphatic rings. The minimum Gasteiger partial charge on any atom is -0.598 e. The molecule has 18 heavy (non-hydrogen) atoms. The summed E-state index contributed by atoms with van der Waals surface area (Å²) >= 11 is -1.46. The molecule has 0 bridgehead atoms. The van der Waals surface area contributed by atoms with Gasteiger partial charge in [0, 0.05) is 11.4 Å². The number of nitrogens with one attached hydrogen (secondary N) is 1. The van der Waals surface area contributed by atoms with E-state index in [9.17, 15) is 9.35 Å². The van der Waals surface area contributed by atoms with Gasteiger partial charge < -0.3 is 14.6 Å². The van der Waals surface area contributed by atoms with E-state index >= 15 is 0 Å². The fourth-order valence-electron chi connectivity index (χ4n) is 1.43. The van der Waals surface area contributed by atoms with Gasteiger partial charge in [0.2, 0.25) is 0 Å². The Kier molecular flexibility index (Phi) is 5.46. The fraction of sp³-hybridized carbons (Fsp3) is 0.417. The van der Waals surface area contributed by atoms with E-state index in [1.165, 1.54) is 0 Å². The van der Waals surface area contributed by atoms with Crippen LogP contribution < -0.4 is 10.5 Å². The summed E-state index contributed by atoms with van der Waals surface area (Å²) in [5, 5.41) is 7.82. The molecule has 3 N–H and O–H groups in total. The molecule has 0 fully saturated rings. The Labute approximate surface area is 110 Å². The largest absolute Gasteiger partial charge is 0.598 e. The molecule has 0 radical (unpaired) electrons. The summed E-state index contributed by atoms with van der Waals surface area (Å²) < 4.78 is 16.0. The molecule has 0 aliphatic heterocycles. The lowest BCUT2D eigenvalue weighted by atomic mass is 10.1. The molecular weight excluding hydrogens is 252 g/mol. The Morgan fingerprint density at radius 1 is 1.44 bits per heavy atom. The molecule has 1 rings (SSSR count). The monoisotopic (exact) mass is 270 g/mol. The highest BCUT2D eigenvalue weighted by molar-refractivity contribution is 7.89. The average molecular weight is 270 g/mol. The van der Waals surface area contributed by atoms with E-state index < -0.39 is 23.0 Å². The van der Waals surface area contributed by atoms with Gasteiger partial charge in [0.05, 0.1) is 5.54 Å². The van der Waals surface area contributed by atoms with E-state index in [2.05, 4.69) is 5.32 Å². The summed E-state index contributed by atoms with van der Waals surface area (Å²) in [4.78, 5) is 11.5. The van der Waals surface area contributed by atoms with Crippen molar-refractivity contribution in [2.75, 3.05) is 5.75 Å². The number of hydrogen-bond donors (Lipinski definition) is 2. The van der Waals surface area contributed by atoms with Gasteiger partial charge in [-0.3, -0.25) is 0 Å². The van der Waals surface area contributed by atoms with E-state index in [1.807, 2.05) is 30.3 Å². The van der Waals surface area contributed by atoms with Gasteiger partial charge >= 0.3 is 6.09 Å². The SMILES string of the molecule is CC(C)(C[S+](N)[O-])NC(=O)OCc1ccccc1. The van der Waals surface area contributed by atoms with Crippen LogP contribution in [0.25, 0.3) is 0 Å². The van der Waals surface area contributed by atoms with Crippen molar-refractivity contribution in [3.63, 3.8) is 0 Å². The summed E-state index contributed by atoms with van der Waals surface area (Å²) in [6.45, 7) is 3.68. The standard InChI is InChI=1S/C12H18N2O3S/c1-12(2,9-18(13)16)14-11(15)17-8-10-6-4-3-5-7-10/h3-7H,8-9,13H2,1-2H3,(H,14,15). The molecule has 0 heterocycles. The third kappa shape index (κ3) is 5.90. The van der Waals surface area contributed by atoms with Crippen molar-refractivity contribution < 1.29 is 14.1 Å². The fourth-order valence-corrected chi connectivity index (χ4v) is 2.21. The Morgan fingerprint density at radius 2 is 2.06 bits per heavy atom. The highest BCUT2D eigenvalue weighted by atomic mass is 32.2. The maximum atomic E-state index is 11.5. The first-order valence-electron chi connectivity index (χ1n) is 5.51. The quantitative estimate of drug-likeness (QED) is 0.790. The van der Waals surface area contributed by atoms with Gasteiger partial charge in [-0.05, 0) is 19.4 Å².